The van der Waals surface area contributed by atoms with Crippen LogP contribution in [0.4, 0.5) is 10.1 Å². The van der Waals surface area contributed by atoms with Gasteiger partial charge in [0.1, 0.15) is 17.8 Å². The molecule has 3 heterocycles. The molecular formula is C23H24FN3O6. The number of aliphatic carboxylic acids is 1. The molecule has 1 unspecified atom stereocenters. The Bertz CT molecular complexity index is 1070. The lowest BCUT2D eigenvalue weighted by molar-refractivity contribution is -0.141. The molecule has 10 heteroatoms. The van der Waals surface area contributed by atoms with Crippen LogP contribution in [0.25, 0.3) is 0 Å². The molecule has 1 aromatic heterocycles. The highest BCUT2D eigenvalue weighted by Crippen LogP contribution is 2.37. The average molecular weight is 457 g/mol. The maximum absolute atomic E-state index is 14.7. The lowest BCUT2D eigenvalue weighted by Gasteiger charge is -2.20. The van der Waals surface area contributed by atoms with Crippen LogP contribution in [0, 0.1) is 11.7 Å². The fourth-order valence-corrected chi connectivity index (χ4v) is 4.19. The van der Waals surface area contributed by atoms with Crippen LogP contribution < -0.4 is 14.4 Å². The fourth-order valence-electron chi connectivity index (χ4n) is 4.19. The van der Waals surface area contributed by atoms with E-state index in [1.54, 1.807) is 18.2 Å². The summed E-state index contributed by atoms with van der Waals surface area (Å²) in [5.41, 5.74) is 0.817. The number of carbonyl (C=O) groups excluding carboxylic acids is 1. The molecule has 2 aliphatic heterocycles. The Labute approximate surface area is 189 Å². The van der Waals surface area contributed by atoms with E-state index in [2.05, 4.69) is 4.98 Å². The third-order valence-corrected chi connectivity index (χ3v) is 6.16. The van der Waals surface area contributed by atoms with Crippen molar-refractivity contribution in [1.82, 2.24) is 9.88 Å². The van der Waals surface area contributed by atoms with E-state index < -0.39 is 30.7 Å². The highest BCUT2D eigenvalue weighted by Gasteiger charge is 2.37. The van der Waals surface area contributed by atoms with Gasteiger partial charge < -0.3 is 24.6 Å². The highest BCUT2D eigenvalue weighted by molar-refractivity contribution is 5.99. The maximum Gasteiger partial charge on any atom is 0.317 e. The normalized spacial score (nSPS) is 22.5. The van der Waals surface area contributed by atoms with Crippen molar-refractivity contribution >= 4 is 17.6 Å². The van der Waals surface area contributed by atoms with Crippen molar-refractivity contribution < 1.29 is 33.7 Å². The number of carbonyl (C=O) groups is 2. The van der Waals surface area contributed by atoms with Gasteiger partial charge in [-0.05, 0) is 37.0 Å². The Morgan fingerprint density at radius 3 is 2.76 bits per heavy atom. The third kappa shape index (κ3) is 4.49. The molecule has 0 bridgehead atoms. The number of aliphatic hydroxyl groups excluding tert-OH is 1. The number of pyridine rings is 1. The Morgan fingerprint density at radius 1 is 1.24 bits per heavy atom. The van der Waals surface area contributed by atoms with Gasteiger partial charge in [0.25, 0.3) is 5.91 Å². The van der Waals surface area contributed by atoms with E-state index in [-0.39, 0.29) is 23.6 Å². The minimum absolute atomic E-state index is 0.0119. The van der Waals surface area contributed by atoms with Crippen molar-refractivity contribution in [3.8, 4) is 11.6 Å². The summed E-state index contributed by atoms with van der Waals surface area (Å²) in [6, 6.07) is 6.19. The lowest BCUT2D eigenvalue weighted by Crippen LogP contribution is -2.32. The van der Waals surface area contributed by atoms with E-state index in [0.29, 0.717) is 42.8 Å². The molecule has 2 atom stereocenters. The summed E-state index contributed by atoms with van der Waals surface area (Å²) in [6.45, 7) is 0.555. The van der Waals surface area contributed by atoms with E-state index in [0.717, 1.165) is 0 Å². The van der Waals surface area contributed by atoms with Crippen LogP contribution in [0.5, 0.6) is 11.6 Å². The first kappa shape index (κ1) is 21.6. The van der Waals surface area contributed by atoms with E-state index in [9.17, 15) is 19.1 Å². The second-order valence-electron chi connectivity index (χ2n) is 8.64. The van der Waals surface area contributed by atoms with Gasteiger partial charge in [-0.2, -0.15) is 0 Å². The maximum atomic E-state index is 14.7. The summed E-state index contributed by atoms with van der Waals surface area (Å²) in [7, 11) is 0. The van der Waals surface area contributed by atoms with Crippen molar-refractivity contribution in [1.29, 1.82) is 0 Å². The standard InChI is InChI=1S/C23H24FN3O6/c24-18-8-14(7-16-17(18)10-26(22(16)30)11-21(28)29)27-6-5-19(23(27)31)33-15-3-4-20(25-9-15)32-12-13-1-2-13/h3-4,7-9,13,19,22,30H,1-2,5-6,10-12H2,(H,28,29)/t19-,22?/m1/s1. The molecule has 1 amide bonds. The quantitative estimate of drug-likeness (QED) is 0.620. The van der Waals surface area contributed by atoms with E-state index in [4.69, 9.17) is 14.6 Å². The summed E-state index contributed by atoms with van der Waals surface area (Å²) < 4.78 is 26.2. The van der Waals surface area contributed by atoms with Crippen LogP contribution in [-0.2, 0) is 16.1 Å². The predicted octanol–water partition coefficient (Wildman–Crippen LogP) is 2.08. The number of aliphatic hydroxyl groups is 1. The number of carboxylic acids is 1. The molecule has 2 N–H and O–H groups in total. The number of fused-ring (bicyclic) bond motifs is 1. The zero-order valence-electron chi connectivity index (χ0n) is 17.8. The predicted molar refractivity (Wildman–Crippen MR) is 113 cm³/mol. The van der Waals surface area contributed by atoms with E-state index >= 15 is 0 Å². The number of hydrogen-bond acceptors (Lipinski definition) is 7. The zero-order chi connectivity index (χ0) is 23.1. The summed E-state index contributed by atoms with van der Waals surface area (Å²) in [5, 5.41) is 19.4. The van der Waals surface area contributed by atoms with Gasteiger partial charge >= 0.3 is 5.97 Å². The minimum Gasteiger partial charge on any atom is -0.480 e. The van der Waals surface area contributed by atoms with Crippen molar-refractivity contribution in [2.75, 3.05) is 24.6 Å². The minimum atomic E-state index is -1.25. The highest BCUT2D eigenvalue weighted by atomic mass is 19.1. The molecule has 5 rings (SSSR count). The number of amides is 1. The Balaban J connectivity index is 1.25. The molecule has 174 valence electrons. The molecule has 9 nitrogen and oxygen atoms in total. The van der Waals surface area contributed by atoms with Crippen LogP contribution in [0.2, 0.25) is 0 Å². The number of benzene rings is 1. The number of nitrogens with zero attached hydrogens (tertiary/aromatic N) is 3. The molecule has 33 heavy (non-hydrogen) atoms. The van der Waals surface area contributed by atoms with Gasteiger partial charge in [0.05, 0.1) is 19.3 Å². The summed E-state index contributed by atoms with van der Waals surface area (Å²) in [4.78, 5) is 30.8. The van der Waals surface area contributed by atoms with Gasteiger partial charge in [0.2, 0.25) is 5.88 Å². The molecule has 1 saturated heterocycles. The molecule has 0 spiro atoms. The molecule has 1 saturated carbocycles. The van der Waals surface area contributed by atoms with Crippen LogP contribution in [-0.4, -0.2) is 57.8 Å². The zero-order valence-corrected chi connectivity index (χ0v) is 17.8. The summed E-state index contributed by atoms with van der Waals surface area (Å²) >= 11 is 0. The number of aromatic nitrogens is 1. The Hall–Kier alpha value is -3.24. The number of rotatable bonds is 8. The van der Waals surface area contributed by atoms with Gasteiger partial charge in [-0.3, -0.25) is 14.5 Å². The largest absolute Gasteiger partial charge is 0.480 e. The molecular weight excluding hydrogens is 433 g/mol. The first-order chi connectivity index (χ1) is 15.9. The van der Waals surface area contributed by atoms with Crippen molar-refractivity contribution in [3.05, 3.63) is 47.4 Å². The lowest BCUT2D eigenvalue weighted by atomic mass is 10.1. The molecule has 2 fully saturated rings. The third-order valence-electron chi connectivity index (χ3n) is 6.16. The first-order valence-electron chi connectivity index (χ1n) is 10.9. The van der Waals surface area contributed by atoms with Crippen molar-refractivity contribution in [3.63, 3.8) is 0 Å². The topological polar surface area (TPSA) is 112 Å². The Kier molecular flexibility index (Phi) is 5.63. The fraction of sp³-hybridized carbons (Fsp3) is 0.435. The summed E-state index contributed by atoms with van der Waals surface area (Å²) in [6.07, 6.45) is 2.31. The number of halogens is 1. The summed E-state index contributed by atoms with van der Waals surface area (Å²) in [5.74, 6) is -0.452. The second kappa shape index (κ2) is 8.60. The number of anilines is 1. The smallest absolute Gasteiger partial charge is 0.317 e. The second-order valence-corrected chi connectivity index (χ2v) is 8.64. The van der Waals surface area contributed by atoms with Gasteiger partial charge in [-0.25, -0.2) is 9.37 Å². The average Bonchev–Trinajstić information content (AvgIpc) is 3.48. The van der Waals surface area contributed by atoms with E-state index in [1.165, 1.54) is 34.9 Å². The molecule has 1 aliphatic carbocycles. The molecule has 0 radical (unpaired) electrons. The van der Waals surface area contributed by atoms with E-state index in [1.807, 2.05) is 0 Å². The number of carboxylic acid groups (broad SMARTS) is 1. The number of hydrogen-bond donors (Lipinski definition) is 2. The molecule has 1 aromatic carbocycles. The molecule has 2 aromatic rings. The van der Waals surface area contributed by atoms with Gasteiger partial charge in [0.15, 0.2) is 6.10 Å². The van der Waals surface area contributed by atoms with Crippen LogP contribution in [0.15, 0.2) is 30.5 Å². The van der Waals surface area contributed by atoms with Crippen LogP contribution in [0.3, 0.4) is 0 Å². The van der Waals surface area contributed by atoms with Crippen molar-refractivity contribution in [2.24, 2.45) is 5.92 Å². The molecule has 3 aliphatic rings. The van der Waals surface area contributed by atoms with Gasteiger partial charge in [-0.1, -0.05) is 0 Å². The number of ether oxygens (including phenoxy) is 2. The Morgan fingerprint density at radius 2 is 2.06 bits per heavy atom. The van der Waals surface area contributed by atoms with Crippen LogP contribution in [0.1, 0.15) is 36.6 Å². The monoisotopic (exact) mass is 457 g/mol. The SMILES string of the molecule is O=C(O)CN1Cc2c(F)cc(N3CC[C@@H](Oc4ccc(OCC5CC5)nc4)C3=O)cc2C1O. The van der Waals surface area contributed by atoms with Crippen molar-refractivity contribution in [2.45, 2.75) is 38.1 Å². The van der Waals surface area contributed by atoms with Crippen LogP contribution >= 0.6 is 0 Å². The van der Waals surface area contributed by atoms with Gasteiger partial charge in [0, 0.05) is 42.4 Å². The first-order valence-corrected chi connectivity index (χ1v) is 10.9. The van der Waals surface area contributed by atoms with Gasteiger partial charge in [-0.15, -0.1) is 0 Å².